The van der Waals surface area contributed by atoms with Gasteiger partial charge in [0.25, 0.3) is 5.91 Å². The number of rotatable bonds is 3. The molecule has 2 aromatic rings. The first-order valence-electron chi connectivity index (χ1n) is 7.25. The summed E-state index contributed by atoms with van der Waals surface area (Å²) < 4.78 is 5.21. The molecule has 0 saturated heterocycles. The van der Waals surface area contributed by atoms with Crippen molar-refractivity contribution in [3.05, 3.63) is 41.3 Å². The molecular formula is C17H23N3O2. The topological polar surface area (TPSA) is 58.4 Å². The third-order valence-corrected chi connectivity index (χ3v) is 3.44. The lowest BCUT2D eigenvalue weighted by Crippen LogP contribution is -2.21. The molecule has 0 aliphatic rings. The minimum Gasteiger partial charge on any atom is -0.378 e. The third kappa shape index (κ3) is 3.30. The van der Waals surface area contributed by atoms with Gasteiger partial charge in [-0.05, 0) is 31.2 Å². The second-order valence-electron chi connectivity index (χ2n) is 6.61. The number of aromatic nitrogens is 1. The quantitative estimate of drug-likeness (QED) is 0.941. The van der Waals surface area contributed by atoms with Crippen molar-refractivity contribution in [2.45, 2.75) is 33.1 Å². The Morgan fingerprint density at radius 2 is 1.77 bits per heavy atom. The number of carbonyl (C=O) groups is 1. The van der Waals surface area contributed by atoms with Crippen LogP contribution in [0.4, 0.5) is 11.4 Å². The summed E-state index contributed by atoms with van der Waals surface area (Å²) in [6, 6.07) is 7.68. The van der Waals surface area contributed by atoms with Crippen molar-refractivity contribution in [3.8, 4) is 0 Å². The van der Waals surface area contributed by atoms with Crippen LogP contribution in [-0.2, 0) is 5.41 Å². The third-order valence-electron chi connectivity index (χ3n) is 3.44. The highest BCUT2D eigenvalue weighted by atomic mass is 16.5. The smallest absolute Gasteiger partial charge is 0.261 e. The molecule has 5 heteroatoms. The molecule has 0 spiro atoms. The van der Waals surface area contributed by atoms with Crippen LogP contribution in [0.2, 0.25) is 0 Å². The van der Waals surface area contributed by atoms with E-state index in [9.17, 15) is 4.79 Å². The summed E-state index contributed by atoms with van der Waals surface area (Å²) in [4.78, 5) is 14.6. The predicted octanol–water partition coefficient (Wildman–Crippen LogP) is 3.60. The fourth-order valence-electron chi connectivity index (χ4n) is 2.19. The van der Waals surface area contributed by atoms with Gasteiger partial charge in [0, 0.05) is 30.9 Å². The Morgan fingerprint density at radius 1 is 1.18 bits per heavy atom. The summed E-state index contributed by atoms with van der Waals surface area (Å²) in [5, 5.41) is 6.95. The molecule has 0 aliphatic carbocycles. The van der Waals surface area contributed by atoms with Gasteiger partial charge < -0.3 is 14.7 Å². The van der Waals surface area contributed by atoms with E-state index in [4.69, 9.17) is 4.52 Å². The molecule has 5 nitrogen and oxygen atoms in total. The average molecular weight is 301 g/mol. The number of carbonyl (C=O) groups excluding carboxylic acids is 1. The number of benzene rings is 1. The monoisotopic (exact) mass is 301 g/mol. The molecule has 118 valence electrons. The van der Waals surface area contributed by atoms with Gasteiger partial charge in [-0.15, -0.1) is 0 Å². The summed E-state index contributed by atoms with van der Waals surface area (Å²) in [6.45, 7) is 7.78. The van der Waals surface area contributed by atoms with Crippen molar-refractivity contribution in [2.75, 3.05) is 24.3 Å². The first-order chi connectivity index (χ1) is 10.2. The highest BCUT2D eigenvalue weighted by Crippen LogP contribution is 2.27. The Balaban J connectivity index is 2.25. The molecule has 1 aromatic heterocycles. The van der Waals surface area contributed by atoms with E-state index in [0.29, 0.717) is 17.0 Å². The molecular weight excluding hydrogens is 278 g/mol. The number of nitrogens with zero attached hydrogens (tertiary/aromatic N) is 2. The number of hydrogen-bond donors (Lipinski definition) is 1. The Morgan fingerprint density at radius 3 is 2.27 bits per heavy atom. The van der Waals surface area contributed by atoms with E-state index in [2.05, 4.69) is 10.5 Å². The number of nitrogens with one attached hydrogen (secondary N) is 1. The molecule has 0 atom stereocenters. The molecule has 2 rings (SSSR count). The number of hydrogen-bond acceptors (Lipinski definition) is 4. The van der Waals surface area contributed by atoms with Gasteiger partial charge in [0.05, 0.1) is 0 Å². The zero-order valence-corrected chi connectivity index (χ0v) is 14.0. The molecule has 0 bridgehead atoms. The van der Waals surface area contributed by atoms with Crippen LogP contribution in [0.5, 0.6) is 0 Å². The lowest BCUT2D eigenvalue weighted by Gasteiger charge is -2.17. The lowest BCUT2D eigenvalue weighted by molar-refractivity contribution is 0.102. The van der Waals surface area contributed by atoms with Crippen LogP contribution in [0.3, 0.4) is 0 Å². The van der Waals surface area contributed by atoms with Crippen LogP contribution in [0, 0.1) is 6.92 Å². The summed E-state index contributed by atoms with van der Waals surface area (Å²) >= 11 is 0. The van der Waals surface area contributed by atoms with Crippen LogP contribution in [0.1, 0.15) is 42.6 Å². The van der Waals surface area contributed by atoms with Crippen molar-refractivity contribution in [1.29, 1.82) is 0 Å². The molecule has 1 amide bonds. The predicted molar refractivity (Wildman–Crippen MR) is 88.7 cm³/mol. The maximum absolute atomic E-state index is 12.6. The summed E-state index contributed by atoms with van der Waals surface area (Å²) in [6.07, 6.45) is 0. The number of aryl methyl sites for hydroxylation is 1. The molecule has 0 saturated carbocycles. The SMILES string of the molecule is Cc1onc(C(C)(C)C)c1C(=O)Nc1ccc(N(C)C)cc1. The zero-order valence-electron chi connectivity index (χ0n) is 14.0. The molecule has 22 heavy (non-hydrogen) atoms. The first kappa shape index (κ1) is 16.1. The van der Waals surface area contributed by atoms with Crippen molar-refractivity contribution in [2.24, 2.45) is 0 Å². The summed E-state index contributed by atoms with van der Waals surface area (Å²) in [5.41, 5.74) is 2.77. The Bertz CT molecular complexity index is 664. The molecule has 0 radical (unpaired) electrons. The van der Waals surface area contributed by atoms with E-state index in [0.717, 1.165) is 11.4 Å². The molecule has 0 fully saturated rings. The largest absolute Gasteiger partial charge is 0.378 e. The van der Waals surface area contributed by atoms with Crippen molar-refractivity contribution >= 4 is 17.3 Å². The van der Waals surface area contributed by atoms with E-state index in [1.807, 2.05) is 64.0 Å². The maximum atomic E-state index is 12.6. The highest BCUT2D eigenvalue weighted by Gasteiger charge is 2.28. The van der Waals surface area contributed by atoms with E-state index in [1.165, 1.54) is 0 Å². The van der Waals surface area contributed by atoms with Crippen molar-refractivity contribution < 1.29 is 9.32 Å². The molecule has 1 aromatic carbocycles. The minimum absolute atomic E-state index is 0.193. The van der Waals surface area contributed by atoms with Gasteiger partial charge in [-0.1, -0.05) is 25.9 Å². The summed E-state index contributed by atoms with van der Waals surface area (Å²) in [7, 11) is 3.95. The van der Waals surface area contributed by atoms with E-state index < -0.39 is 0 Å². The molecule has 0 aliphatic heterocycles. The first-order valence-corrected chi connectivity index (χ1v) is 7.25. The highest BCUT2D eigenvalue weighted by molar-refractivity contribution is 6.06. The van der Waals surface area contributed by atoms with Gasteiger partial charge in [-0.3, -0.25) is 4.79 Å². The molecule has 1 heterocycles. The Hall–Kier alpha value is -2.30. The Kier molecular flexibility index (Phi) is 4.26. The van der Waals surface area contributed by atoms with Crippen LogP contribution < -0.4 is 10.2 Å². The van der Waals surface area contributed by atoms with Crippen LogP contribution >= 0.6 is 0 Å². The average Bonchev–Trinajstić information content (AvgIpc) is 2.81. The van der Waals surface area contributed by atoms with Gasteiger partial charge in [0.2, 0.25) is 0 Å². The number of amides is 1. The number of anilines is 2. The van der Waals surface area contributed by atoms with Gasteiger partial charge in [-0.2, -0.15) is 0 Å². The normalized spacial score (nSPS) is 11.4. The van der Waals surface area contributed by atoms with E-state index in [1.54, 1.807) is 6.92 Å². The fourth-order valence-corrected chi connectivity index (χ4v) is 2.19. The van der Waals surface area contributed by atoms with E-state index >= 15 is 0 Å². The standard InChI is InChI=1S/C17H23N3O2/c1-11-14(15(19-22-11)17(2,3)4)16(21)18-12-7-9-13(10-8-12)20(5)6/h7-10H,1-6H3,(H,18,21). The van der Waals surface area contributed by atoms with Crippen molar-refractivity contribution in [3.63, 3.8) is 0 Å². The zero-order chi connectivity index (χ0) is 16.5. The summed E-state index contributed by atoms with van der Waals surface area (Å²) in [5.74, 6) is 0.341. The lowest BCUT2D eigenvalue weighted by atomic mass is 9.88. The van der Waals surface area contributed by atoms with Gasteiger partial charge >= 0.3 is 0 Å². The fraction of sp³-hybridized carbons (Fsp3) is 0.412. The van der Waals surface area contributed by atoms with Crippen LogP contribution in [0.25, 0.3) is 0 Å². The van der Waals surface area contributed by atoms with Crippen LogP contribution in [0.15, 0.2) is 28.8 Å². The van der Waals surface area contributed by atoms with Gasteiger partial charge in [0.15, 0.2) is 0 Å². The maximum Gasteiger partial charge on any atom is 0.261 e. The second kappa shape index (κ2) is 5.83. The van der Waals surface area contributed by atoms with E-state index in [-0.39, 0.29) is 11.3 Å². The Labute approximate surface area is 131 Å². The van der Waals surface area contributed by atoms with Crippen LogP contribution in [-0.4, -0.2) is 25.2 Å². The van der Waals surface area contributed by atoms with Gasteiger partial charge in [0.1, 0.15) is 17.0 Å². The second-order valence-corrected chi connectivity index (χ2v) is 6.61. The van der Waals surface area contributed by atoms with Crippen molar-refractivity contribution in [1.82, 2.24) is 5.16 Å². The molecule has 1 N–H and O–H groups in total. The molecule has 0 unspecified atom stereocenters. The minimum atomic E-state index is -0.251. The van der Waals surface area contributed by atoms with Gasteiger partial charge in [-0.25, -0.2) is 0 Å².